The number of ether oxygens (including phenoxy) is 1. The summed E-state index contributed by atoms with van der Waals surface area (Å²) in [4.78, 5) is 41.3. The lowest BCUT2D eigenvalue weighted by molar-refractivity contribution is -0.398. The number of methoxy groups -OCH3 is 1. The van der Waals surface area contributed by atoms with Gasteiger partial charge in [-0.2, -0.15) is 0 Å². The van der Waals surface area contributed by atoms with Crippen LogP contribution in [0, 0.1) is 16.0 Å². The lowest BCUT2D eigenvalue weighted by Gasteiger charge is -2.36. The molecule has 0 aromatic heterocycles. The predicted molar refractivity (Wildman–Crippen MR) is 114 cm³/mol. The molecule has 3 atom stereocenters. The highest BCUT2D eigenvalue weighted by Gasteiger charge is 2.44. The Labute approximate surface area is 184 Å². The second-order valence-electron chi connectivity index (χ2n) is 8.02. The number of hydrogen-bond donors (Lipinski definition) is 0. The zero-order valence-corrected chi connectivity index (χ0v) is 17.6. The van der Waals surface area contributed by atoms with Crippen molar-refractivity contribution in [3.63, 3.8) is 0 Å². The van der Waals surface area contributed by atoms with E-state index in [0.717, 1.165) is 17.7 Å². The predicted octanol–water partition coefficient (Wildman–Crippen LogP) is 3.42. The lowest BCUT2D eigenvalue weighted by Crippen LogP contribution is -2.37. The zero-order chi connectivity index (χ0) is 23.0. The largest absolute Gasteiger partial charge is 0.868 e. The lowest BCUT2D eigenvalue weighted by atomic mass is 9.69. The molecule has 2 aliphatic rings. The number of benzene rings is 2. The van der Waals surface area contributed by atoms with Gasteiger partial charge in [-0.3, -0.25) is 24.7 Å². The van der Waals surface area contributed by atoms with Crippen molar-refractivity contribution in [2.45, 2.75) is 31.6 Å². The second-order valence-corrected chi connectivity index (χ2v) is 8.02. The van der Waals surface area contributed by atoms with E-state index >= 15 is 0 Å². The van der Waals surface area contributed by atoms with Gasteiger partial charge in [0.15, 0.2) is 5.78 Å². The molecule has 0 spiro atoms. The van der Waals surface area contributed by atoms with Crippen molar-refractivity contribution in [1.29, 1.82) is 0 Å². The molecule has 1 aliphatic carbocycles. The molecular weight excluding hydrogens is 412 g/mol. The maximum Gasteiger partial charge on any atom is 0.315 e. The summed E-state index contributed by atoms with van der Waals surface area (Å²) in [5, 5.41) is 23.3. The molecule has 1 aliphatic heterocycles. The van der Waals surface area contributed by atoms with Gasteiger partial charge in [-0.1, -0.05) is 42.5 Å². The Kier molecular flexibility index (Phi) is 5.61. The summed E-state index contributed by atoms with van der Waals surface area (Å²) >= 11 is 0. The molecule has 0 fully saturated rings. The van der Waals surface area contributed by atoms with E-state index in [9.17, 15) is 24.8 Å². The number of nitro benzene ring substituents is 1. The number of aliphatic imine (C=N–C) groups is 1. The van der Waals surface area contributed by atoms with Crippen molar-refractivity contribution in [3.8, 4) is 5.75 Å². The summed E-state index contributed by atoms with van der Waals surface area (Å²) in [6, 6.07) is 13.4. The van der Waals surface area contributed by atoms with Gasteiger partial charge in [-0.05, 0) is 36.1 Å². The Hall–Kier alpha value is -3.81. The summed E-state index contributed by atoms with van der Waals surface area (Å²) < 4.78 is 4.97. The van der Waals surface area contributed by atoms with E-state index < -0.39 is 34.2 Å². The summed E-state index contributed by atoms with van der Waals surface area (Å²) in [6.45, 7) is 1.69. The van der Waals surface area contributed by atoms with Crippen LogP contribution >= 0.6 is 0 Å². The van der Waals surface area contributed by atoms with Gasteiger partial charge in [0.25, 0.3) is 5.69 Å². The maximum absolute atomic E-state index is 13.4. The van der Waals surface area contributed by atoms with Gasteiger partial charge in [0.05, 0.1) is 12.0 Å². The Balaban J connectivity index is 1.86. The Bertz CT molecular complexity index is 1170. The number of nitrogens with zero attached hydrogens (tertiary/aromatic N) is 2. The Morgan fingerprint density at radius 3 is 2.50 bits per heavy atom. The number of carbonyl (C=O) groups is 2. The minimum atomic E-state index is -0.909. The average Bonchev–Trinajstić information content (AvgIpc) is 2.78. The number of esters is 1. The summed E-state index contributed by atoms with van der Waals surface area (Å²) in [7, 11) is 1.24. The van der Waals surface area contributed by atoms with E-state index in [1.54, 1.807) is 6.92 Å². The first-order valence-electron chi connectivity index (χ1n) is 10.2. The van der Waals surface area contributed by atoms with Gasteiger partial charge in [0.1, 0.15) is 5.92 Å². The van der Waals surface area contributed by atoms with Crippen LogP contribution in [0.3, 0.4) is 0 Å². The van der Waals surface area contributed by atoms with E-state index in [1.165, 1.54) is 13.2 Å². The molecule has 8 heteroatoms. The fourth-order valence-electron chi connectivity index (χ4n) is 4.68. The van der Waals surface area contributed by atoms with Gasteiger partial charge < -0.3 is 9.84 Å². The number of allylic oxidation sites excluding steroid dienone is 2. The molecule has 4 rings (SSSR count). The quantitative estimate of drug-likeness (QED) is 0.414. The fraction of sp³-hybridized carbons (Fsp3) is 0.292. The van der Waals surface area contributed by atoms with Crippen LogP contribution in [0.15, 0.2) is 64.8 Å². The van der Waals surface area contributed by atoms with Crippen LogP contribution in [0.25, 0.3) is 0 Å². The minimum Gasteiger partial charge on any atom is -0.868 e. The van der Waals surface area contributed by atoms with Gasteiger partial charge in [-0.25, -0.2) is 0 Å². The molecule has 0 saturated heterocycles. The van der Waals surface area contributed by atoms with Crippen LogP contribution < -0.4 is 5.11 Å². The normalized spacial score (nSPS) is 22.8. The number of carbonyl (C=O) groups excluding carboxylic acids is 2. The SMILES string of the molecule is COC(=O)C1C(C)=NC2=C(C(=O)C[C@@H](c3ccccc3)C2)[C@@H]1c1ccc([O-])c([N+](=O)[O-])c1. The van der Waals surface area contributed by atoms with Crippen molar-refractivity contribution in [2.75, 3.05) is 7.11 Å². The van der Waals surface area contributed by atoms with Gasteiger partial charge in [0, 0.05) is 35.4 Å². The highest BCUT2D eigenvalue weighted by Crippen LogP contribution is 2.47. The van der Waals surface area contributed by atoms with E-state index in [1.807, 2.05) is 30.3 Å². The molecule has 1 unspecified atom stereocenters. The molecule has 164 valence electrons. The summed E-state index contributed by atoms with van der Waals surface area (Å²) in [5.74, 6) is -3.25. The number of nitro groups is 1. The first kappa shape index (κ1) is 21.4. The van der Waals surface area contributed by atoms with Crippen LogP contribution in [0.2, 0.25) is 0 Å². The molecule has 2 aromatic carbocycles. The molecule has 0 amide bonds. The van der Waals surface area contributed by atoms with Crippen LogP contribution in [0.1, 0.15) is 42.7 Å². The highest BCUT2D eigenvalue weighted by molar-refractivity contribution is 6.09. The van der Waals surface area contributed by atoms with E-state index in [2.05, 4.69) is 4.99 Å². The van der Waals surface area contributed by atoms with E-state index in [-0.39, 0.29) is 18.1 Å². The first-order chi connectivity index (χ1) is 15.3. The maximum atomic E-state index is 13.4. The van der Waals surface area contributed by atoms with Gasteiger partial charge in [0.2, 0.25) is 0 Å². The molecule has 0 N–H and O–H groups in total. The van der Waals surface area contributed by atoms with Crippen molar-refractivity contribution in [2.24, 2.45) is 10.9 Å². The molecule has 2 aromatic rings. The van der Waals surface area contributed by atoms with Crippen molar-refractivity contribution in [3.05, 3.63) is 81.0 Å². The number of ketones is 1. The molecule has 8 nitrogen and oxygen atoms in total. The fourth-order valence-corrected chi connectivity index (χ4v) is 4.68. The van der Waals surface area contributed by atoms with Gasteiger partial charge >= 0.3 is 5.97 Å². The van der Waals surface area contributed by atoms with E-state index in [0.29, 0.717) is 29.0 Å². The molecule has 32 heavy (non-hydrogen) atoms. The van der Waals surface area contributed by atoms with Crippen molar-refractivity contribution < 1.29 is 24.4 Å². The smallest absolute Gasteiger partial charge is 0.315 e. The van der Waals surface area contributed by atoms with E-state index in [4.69, 9.17) is 4.74 Å². The highest BCUT2D eigenvalue weighted by atomic mass is 16.6. The zero-order valence-electron chi connectivity index (χ0n) is 17.6. The summed E-state index contributed by atoms with van der Waals surface area (Å²) in [5.41, 5.74) is 2.19. The van der Waals surface area contributed by atoms with Crippen LogP contribution in [-0.2, 0) is 14.3 Å². The minimum absolute atomic E-state index is 0.0484. The molecule has 0 bridgehead atoms. The first-order valence-corrected chi connectivity index (χ1v) is 10.2. The molecular formula is C24H21N2O6-. The second kappa shape index (κ2) is 8.37. The third kappa shape index (κ3) is 3.68. The molecule has 0 radical (unpaired) electrons. The third-order valence-electron chi connectivity index (χ3n) is 6.15. The topological polar surface area (TPSA) is 122 Å². The third-order valence-corrected chi connectivity index (χ3v) is 6.15. The molecule has 1 heterocycles. The average molecular weight is 433 g/mol. The van der Waals surface area contributed by atoms with Crippen LogP contribution in [-0.4, -0.2) is 29.5 Å². The number of hydrogen-bond acceptors (Lipinski definition) is 7. The van der Waals surface area contributed by atoms with Gasteiger partial charge in [-0.15, -0.1) is 0 Å². The summed E-state index contributed by atoms with van der Waals surface area (Å²) in [6.07, 6.45) is 0.748. The number of Topliss-reactive ketones (excluding diaryl/α,β-unsaturated/α-hetero) is 1. The van der Waals surface area contributed by atoms with Crippen molar-refractivity contribution >= 4 is 23.2 Å². The Morgan fingerprint density at radius 1 is 1.12 bits per heavy atom. The monoisotopic (exact) mass is 433 g/mol. The molecule has 0 saturated carbocycles. The number of rotatable bonds is 4. The van der Waals surface area contributed by atoms with Crippen molar-refractivity contribution in [1.82, 2.24) is 0 Å². The van der Waals surface area contributed by atoms with Crippen LogP contribution in [0.4, 0.5) is 5.69 Å². The Morgan fingerprint density at radius 2 is 1.84 bits per heavy atom. The standard InChI is InChI=1S/C24H22N2O6/c1-13-21(24(29)32-2)22(15-8-9-19(27)18(11-15)26(30)31)23-17(25-13)10-16(12-20(23)28)14-6-4-3-5-7-14/h3-9,11,16,21-22,27H,10,12H2,1-2H3/p-1/t16-,21?,22+/m0/s1. The van der Waals surface area contributed by atoms with Crippen LogP contribution in [0.5, 0.6) is 5.75 Å².